The van der Waals surface area contributed by atoms with E-state index in [4.69, 9.17) is 17.3 Å². The molecule has 2 N–H and O–H groups in total. The van der Waals surface area contributed by atoms with Gasteiger partial charge in [0.05, 0.1) is 10.7 Å². The van der Waals surface area contributed by atoms with E-state index in [0.717, 1.165) is 11.3 Å². The van der Waals surface area contributed by atoms with Crippen molar-refractivity contribution in [1.82, 2.24) is 15.0 Å². The Hall–Kier alpha value is -2.33. The summed E-state index contributed by atoms with van der Waals surface area (Å²) in [5.74, 6) is 0.474. The van der Waals surface area contributed by atoms with E-state index in [1.54, 1.807) is 10.7 Å². The average Bonchev–Trinajstić information content (AvgIpc) is 2.82. The molecule has 0 aliphatic carbocycles. The molecule has 3 aromatic rings. The Labute approximate surface area is 121 Å². The quantitative estimate of drug-likeness (QED) is 0.784. The molecule has 3 rings (SSSR count). The van der Waals surface area contributed by atoms with Crippen molar-refractivity contribution >= 4 is 17.4 Å². The van der Waals surface area contributed by atoms with Crippen molar-refractivity contribution in [2.45, 2.75) is 6.92 Å². The summed E-state index contributed by atoms with van der Waals surface area (Å²) >= 11 is 6.16. The van der Waals surface area contributed by atoms with Crippen LogP contribution in [0.3, 0.4) is 0 Å². The maximum atomic E-state index is 6.16. The first-order valence-electron chi connectivity index (χ1n) is 6.20. The SMILES string of the molecule is Cc1ccc(-c2nnn(-c3ccccc3Cl)c2N)cc1. The van der Waals surface area contributed by atoms with E-state index in [2.05, 4.69) is 10.3 Å². The summed E-state index contributed by atoms with van der Waals surface area (Å²) in [6.07, 6.45) is 0. The molecule has 4 nitrogen and oxygen atoms in total. The van der Waals surface area contributed by atoms with Gasteiger partial charge in [-0.3, -0.25) is 0 Å². The van der Waals surface area contributed by atoms with Crippen LogP contribution in [0, 0.1) is 6.92 Å². The second-order valence-corrected chi connectivity index (χ2v) is 4.96. The summed E-state index contributed by atoms with van der Waals surface area (Å²) in [5, 5.41) is 8.85. The second-order valence-electron chi connectivity index (χ2n) is 4.55. The number of nitrogen functional groups attached to an aromatic ring is 1. The maximum Gasteiger partial charge on any atom is 0.155 e. The lowest BCUT2D eigenvalue weighted by Crippen LogP contribution is -2.02. The van der Waals surface area contributed by atoms with Crippen LogP contribution < -0.4 is 5.73 Å². The highest BCUT2D eigenvalue weighted by Crippen LogP contribution is 2.28. The van der Waals surface area contributed by atoms with Gasteiger partial charge >= 0.3 is 0 Å². The minimum atomic E-state index is 0.474. The Morgan fingerprint density at radius 3 is 2.45 bits per heavy atom. The van der Waals surface area contributed by atoms with E-state index in [0.29, 0.717) is 16.5 Å². The zero-order valence-electron chi connectivity index (χ0n) is 10.9. The number of para-hydroxylation sites is 1. The molecule has 1 heterocycles. The summed E-state index contributed by atoms with van der Waals surface area (Å²) in [7, 11) is 0. The predicted octanol–water partition coefficient (Wildman–Crippen LogP) is 3.48. The number of nitrogens with two attached hydrogens (primary N) is 1. The summed E-state index contributed by atoms with van der Waals surface area (Å²) in [6, 6.07) is 15.4. The van der Waals surface area contributed by atoms with Gasteiger partial charge in [-0.1, -0.05) is 58.8 Å². The van der Waals surface area contributed by atoms with Crippen molar-refractivity contribution in [2.24, 2.45) is 0 Å². The van der Waals surface area contributed by atoms with Gasteiger partial charge in [0, 0.05) is 5.56 Å². The Kier molecular flexibility index (Phi) is 3.16. The highest BCUT2D eigenvalue weighted by molar-refractivity contribution is 6.32. The molecule has 0 unspecified atom stereocenters. The van der Waals surface area contributed by atoms with Crippen molar-refractivity contribution in [3.8, 4) is 16.9 Å². The lowest BCUT2D eigenvalue weighted by Gasteiger charge is -2.05. The molecule has 0 aliphatic heterocycles. The van der Waals surface area contributed by atoms with Crippen LogP contribution in [0.15, 0.2) is 48.5 Å². The van der Waals surface area contributed by atoms with Gasteiger partial charge in [0.25, 0.3) is 0 Å². The molecule has 0 radical (unpaired) electrons. The zero-order chi connectivity index (χ0) is 14.1. The minimum absolute atomic E-state index is 0.474. The first-order valence-corrected chi connectivity index (χ1v) is 6.58. The van der Waals surface area contributed by atoms with Gasteiger partial charge in [-0.25, -0.2) is 0 Å². The second kappa shape index (κ2) is 4.98. The fraction of sp³-hybridized carbons (Fsp3) is 0.0667. The van der Waals surface area contributed by atoms with Crippen molar-refractivity contribution in [1.29, 1.82) is 0 Å². The normalized spacial score (nSPS) is 10.7. The highest BCUT2D eigenvalue weighted by Gasteiger charge is 2.14. The lowest BCUT2D eigenvalue weighted by molar-refractivity contribution is 0.810. The molecular weight excluding hydrogens is 272 g/mol. The molecule has 5 heteroatoms. The van der Waals surface area contributed by atoms with E-state index >= 15 is 0 Å². The number of hydrogen-bond acceptors (Lipinski definition) is 3. The van der Waals surface area contributed by atoms with Gasteiger partial charge in [0.2, 0.25) is 0 Å². The highest BCUT2D eigenvalue weighted by atomic mass is 35.5. The molecule has 0 spiro atoms. The van der Waals surface area contributed by atoms with Crippen LogP contribution in [0.2, 0.25) is 5.02 Å². The van der Waals surface area contributed by atoms with E-state index in [-0.39, 0.29) is 0 Å². The molecule has 20 heavy (non-hydrogen) atoms. The summed E-state index contributed by atoms with van der Waals surface area (Å²) in [4.78, 5) is 0. The van der Waals surface area contributed by atoms with Crippen LogP contribution in [0.4, 0.5) is 5.82 Å². The Morgan fingerprint density at radius 2 is 1.75 bits per heavy atom. The number of anilines is 1. The lowest BCUT2D eigenvalue weighted by atomic mass is 10.1. The van der Waals surface area contributed by atoms with Gasteiger partial charge in [-0.05, 0) is 19.1 Å². The summed E-state index contributed by atoms with van der Waals surface area (Å²) in [6.45, 7) is 2.04. The predicted molar refractivity (Wildman–Crippen MR) is 81.0 cm³/mol. The van der Waals surface area contributed by atoms with Crippen LogP contribution in [0.5, 0.6) is 0 Å². The summed E-state index contributed by atoms with van der Waals surface area (Å²) in [5.41, 5.74) is 9.65. The van der Waals surface area contributed by atoms with Crippen molar-refractivity contribution in [3.05, 3.63) is 59.1 Å². The number of rotatable bonds is 2. The molecule has 0 saturated heterocycles. The van der Waals surface area contributed by atoms with Crippen molar-refractivity contribution in [2.75, 3.05) is 5.73 Å². The Balaban J connectivity index is 2.09. The summed E-state index contributed by atoms with van der Waals surface area (Å²) < 4.78 is 1.55. The molecule has 100 valence electrons. The van der Waals surface area contributed by atoms with Gasteiger partial charge in [-0.2, -0.15) is 4.68 Å². The smallest absolute Gasteiger partial charge is 0.155 e. The first kappa shape index (κ1) is 12.7. The fourth-order valence-corrected chi connectivity index (χ4v) is 2.22. The molecule has 0 saturated carbocycles. The van der Waals surface area contributed by atoms with Gasteiger partial charge < -0.3 is 5.73 Å². The number of aromatic nitrogens is 3. The van der Waals surface area contributed by atoms with E-state index in [1.165, 1.54) is 5.56 Å². The standard InChI is InChI=1S/C15H13ClN4/c1-10-6-8-11(9-7-10)14-15(17)20(19-18-14)13-5-3-2-4-12(13)16/h2-9H,17H2,1H3. The first-order chi connectivity index (χ1) is 9.66. The Morgan fingerprint density at radius 1 is 1.05 bits per heavy atom. The molecular formula is C15H13ClN4. The fourth-order valence-electron chi connectivity index (χ4n) is 2.01. The van der Waals surface area contributed by atoms with E-state index < -0.39 is 0 Å². The van der Waals surface area contributed by atoms with Gasteiger partial charge in [-0.15, -0.1) is 5.10 Å². The third-order valence-corrected chi connectivity index (χ3v) is 3.43. The number of halogens is 1. The number of hydrogen-bond donors (Lipinski definition) is 1. The van der Waals surface area contributed by atoms with Crippen LogP contribution in [0.1, 0.15) is 5.56 Å². The van der Waals surface area contributed by atoms with E-state index in [1.807, 2.05) is 49.4 Å². The van der Waals surface area contributed by atoms with Crippen molar-refractivity contribution < 1.29 is 0 Å². The minimum Gasteiger partial charge on any atom is -0.382 e. The third-order valence-electron chi connectivity index (χ3n) is 3.11. The number of benzene rings is 2. The molecule has 0 amide bonds. The van der Waals surface area contributed by atoms with Gasteiger partial charge in [0.1, 0.15) is 5.69 Å². The van der Waals surface area contributed by atoms with Gasteiger partial charge in [0.15, 0.2) is 5.82 Å². The average molecular weight is 285 g/mol. The molecule has 2 aromatic carbocycles. The maximum absolute atomic E-state index is 6.16. The van der Waals surface area contributed by atoms with E-state index in [9.17, 15) is 0 Å². The Bertz CT molecular complexity index is 747. The van der Waals surface area contributed by atoms with Crippen LogP contribution in [-0.2, 0) is 0 Å². The topological polar surface area (TPSA) is 56.7 Å². The molecule has 0 atom stereocenters. The van der Waals surface area contributed by atoms with Crippen molar-refractivity contribution in [3.63, 3.8) is 0 Å². The third kappa shape index (κ3) is 2.14. The molecule has 1 aromatic heterocycles. The number of aryl methyl sites for hydroxylation is 1. The van der Waals surface area contributed by atoms with Crippen LogP contribution in [0.25, 0.3) is 16.9 Å². The molecule has 0 aliphatic rings. The largest absolute Gasteiger partial charge is 0.382 e. The number of nitrogens with zero attached hydrogens (tertiary/aromatic N) is 3. The van der Waals surface area contributed by atoms with Crippen LogP contribution in [-0.4, -0.2) is 15.0 Å². The zero-order valence-corrected chi connectivity index (χ0v) is 11.7. The van der Waals surface area contributed by atoms with Crippen LogP contribution >= 0.6 is 11.6 Å². The molecule has 0 bridgehead atoms. The monoisotopic (exact) mass is 284 g/mol. The molecule has 0 fully saturated rings.